The van der Waals surface area contributed by atoms with Gasteiger partial charge in [0.05, 0.1) is 10.7 Å². The first-order valence-corrected chi connectivity index (χ1v) is 6.70. The number of nitro groups is 1. The molecular formula is C11H11N4O5S+. The number of anilines is 1. The largest absolute Gasteiger partial charge is 0.441 e. The molecule has 1 amide bonds. The van der Waals surface area contributed by atoms with E-state index < -0.39 is 10.5 Å². The Hall–Kier alpha value is -2.62. The fourth-order valence-electron chi connectivity index (χ4n) is 1.49. The van der Waals surface area contributed by atoms with Gasteiger partial charge in [-0.25, -0.2) is 4.79 Å². The number of carbonyl (C=O) groups is 1. The summed E-state index contributed by atoms with van der Waals surface area (Å²) >= 11 is 1.02. The molecule has 1 aromatic heterocycles. The molecule has 0 aliphatic heterocycles. The molecule has 0 aliphatic carbocycles. The lowest BCUT2D eigenvalue weighted by molar-refractivity contribution is -0.772. The highest BCUT2D eigenvalue weighted by molar-refractivity contribution is 7.99. The van der Waals surface area contributed by atoms with E-state index in [1.807, 2.05) is 0 Å². The first kappa shape index (κ1) is 14.8. The molecule has 0 saturated carbocycles. The van der Waals surface area contributed by atoms with Crippen LogP contribution < -0.4 is 15.6 Å². The quantitative estimate of drug-likeness (QED) is 0.357. The Morgan fingerprint density at radius 2 is 2.14 bits per heavy atom. The summed E-state index contributed by atoms with van der Waals surface area (Å²) < 4.78 is 5.91. The van der Waals surface area contributed by atoms with Crippen LogP contribution in [0.15, 0.2) is 38.6 Å². The second kappa shape index (κ2) is 6.22. The van der Waals surface area contributed by atoms with E-state index in [2.05, 4.69) is 15.1 Å². The lowest BCUT2D eigenvalue weighted by Crippen LogP contribution is -2.34. The average Bonchev–Trinajstić information content (AvgIpc) is 2.76. The Labute approximate surface area is 122 Å². The zero-order valence-electron chi connectivity index (χ0n) is 10.9. The number of hydrogen-bond acceptors (Lipinski definition) is 6. The normalized spacial score (nSPS) is 10.3. The number of hydrogen-bond donors (Lipinski definition) is 2. The second-order valence-corrected chi connectivity index (χ2v) is 4.95. The van der Waals surface area contributed by atoms with Crippen LogP contribution in [0.5, 0.6) is 0 Å². The van der Waals surface area contributed by atoms with E-state index in [1.54, 1.807) is 7.05 Å². The van der Waals surface area contributed by atoms with Gasteiger partial charge >= 0.3 is 10.7 Å². The minimum absolute atomic E-state index is 0.00738. The standard InChI is InChI=1S/C11H10N4O5S/c1-14-10(11(17)20-13-14)21-6-9(16)12-7-2-4-8(5-3-7)15(18)19/h2-5H,6H2,1H3,(H-,12,13,16,17)/p+1. The molecule has 0 unspecified atom stereocenters. The Bertz CT molecular complexity index is 721. The summed E-state index contributed by atoms with van der Waals surface area (Å²) in [4.78, 5) is 33.0. The third-order valence-corrected chi connectivity index (χ3v) is 3.58. The molecule has 0 bridgehead atoms. The van der Waals surface area contributed by atoms with Crippen LogP contribution in [0, 0.1) is 10.1 Å². The number of aromatic amines is 1. The molecule has 0 fully saturated rings. The molecule has 1 aromatic carbocycles. The van der Waals surface area contributed by atoms with Gasteiger partial charge in [-0.3, -0.25) is 19.4 Å². The van der Waals surface area contributed by atoms with Crippen molar-refractivity contribution in [2.75, 3.05) is 11.1 Å². The van der Waals surface area contributed by atoms with Crippen molar-refractivity contribution in [1.82, 2.24) is 5.27 Å². The third kappa shape index (κ3) is 3.69. The highest BCUT2D eigenvalue weighted by Crippen LogP contribution is 2.16. The molecule has 2 aromatic rings. The SMILES string of the molecule is C[n+]1[nH]oc(=O)c1SCC(=O)Nc1ccc([N+](=O)[O-])cc1. The number of aryl methyl sites for hydroxylation is 1. The summed E-state index contributed by atoms with van der Waals surface area (Å²) in [5.41, 5.74) is -0.165. The Morgan fingerprint density at radius 3 is 2.67 bits per heavy atom. The molecule has 0 spiro atoms. The minimum atomic E-state index is -0.550. The third-order valence-electron chi connectivity index (χ3n) is 2.46. The molecule has 0 aliphatic rings. The van der Waals surface area contributed by atoms with Crippen LogP contribution in [0.2, 0.25) is 0 Å². The Kier molecular flexibility index (Phi) is 4.38. The van der Waals surface area contributed by atoms with Gasteiger partial charge in [0.15, 0.2) is 7.05 Å². The van der Waals surface area contributed by atoms with Crippen molar-refractivity contribution in [2.24, 2.45) is 7.05 Å². The molecule has 0 atom stereocenters. The lowest BCUT2D eigenvalue weighted by Gasteiger charge is -2.02. The number of amides is 1. The van der Waals surface area contributed by atoms with Crippen LogP contribution in [-0.4, -0.2) is 21.9 Å². The van der Waals surface area contributed by atoms with Crippen LogP contribution in [0.1, 0.15) is 0 Å². The summed E-state index contributed by atoms with van der Waals surface area (Å²) in [5, 5.41) is 15.7. The zero-order chi connectivity index (χ0) is 15.4. The molecule has 110 valence electrons. The second-order valence-electron chi connectivity index (χ2n) is 3.99. The topological polar surface area (TPSA) is 122 Å². The smallest absolute Gasteiger partial charge is 0.325 e. The van der Waals surface area contributed by atoms with Crippen molar-refractivity contribution >= 4 is 29.0 Å². The van der Waals surface area contributed by atoms with Gasteiger partial charge in [0, 0.05) is 17.8 Å². The van der Waals surface area contributed by atoms with Gasteiger partial charge in [-0.1, -0.05) is 4.68 Å². The Morgan fingerprint density at radius 1 is 1.48 bits per heavy atom. The summed E-state index contributed by atoms with van der Waals surface area (Å²) in [6, 6.07) is 5.46. The number of aromatic nitrogens is 2. The number of H-pyrrole nitrogens is 1. The van der Waals surface area contributed by atoms with Crippen molar-refractivity contribution in [2.45, 2.75) is 5.03 Å². The van der Waals surface area contributed by atoms with Crippen molar-refractivity contribution in [3.63, 3.8) is 0 Å². The number of benzene rings is 1. The van der Waals surface area contributed by atoms with Gasteiger partial charge in [0.2, 0.25) is 5.91 Å². The summed E-state index contributed by atoms with van der Waals surface area (Å²) in [5.74, 6) is -0.331. The van der Waals surface area contributed by atoms with E-state index in [4.69, 9.17) is 0 Å². The number of non-ortho nitro benzene ring substituents is 1. The molecule has 2 rings (SSSR count). The van der Waals surface area contributed by atoms with Crippen molar-refractivity contribution in [1.29, 1.82) is 0 Å². The highest BCUT2D eigenvalue weighted by Gasteiger charge is 2.19. The molecule has 9 nitrogen and oxygen atoms in total. The predicted octanol–water partition coefficient (Wildman–Crippen LogP) is 0.431. The van der Waals surface area contributed by atoms with E-state index in [0.29, 0.717) is 5.69 Å². The number of nitrogens with one attached hydrogen (secondary N) is 2. The van der Waals surface area contributed by atoms with Gasteiger partial charge in [0.25, 0.3) is 5.69 Å². The molecule has 10 heteroatoms. The van der Waals surface area contributed by atoms with E-state index in [0.717, 1.165) is 11.8 Å². The van der Waals surface area contributed by atoms with Gasteiger partial charge in [-0.15, -0.1) is 0 Å². The van der Waals surface area contributed by atoms with E-state index in [1.165, 1.54) is 28.9 Å². The van der Waals surface area contributed by atoms with Crippen molar-refractivity contribution in [3.8, 4) is 0 Å². The maximum atomic E-state index is 11.7. The highest BCUT2D eigenvalue weighted by atomic mass is 32.2. The van der Waals surface area contributed by atoms with Crippen LogP contribution in [0.4, 0.5) is 11.4 Å². The van der Waals surface area contributed by atoms with Crippen LogP contribution in [0.25, 0.3) is 0 Å². The molecule has 0 radical (unpaired) electrons. The molecule has 21 heavy (non-hydrogen) atoms. The van der Waals surface area contributed by atoms with Crippen LogP contribution in [0.3, 0.4) is 0 Å². The average molecular weight is 311 g/mol. The van der Waals surface area contributed by atoms with Gasteiger partial charge < -0.3 is 5.32 Å². The molecule has 0 saturated heterocycles. The van der Waals surface area contributed by atoms with Crippen molar-refractivity contribution in [3.05, 3.63) is 44.8 Å². The van der Waals surface area contributed by atoms with Gasteiger partial charge in [-0.2, -0.15) is 0 Å². The fourth-order valence-corrected chi connectivity index (χ4v) is 2.22. The minimum Gasteiger partial charge on any atom is -0.325 e. The first-order chi connectivity index (χ1) is 9.97. The van der Waals surface area contributed by atoms with E-state index >= 15 is 0 Å². The first-order valence-electron chi connectivity index (χ1n) is 5.72. The summed E-state index contributed by atoms with van der Waals surface area (Å²) in [6.45, 7) is 0. The molecular weight excluding hydrogens is 300 g/mol. The lowest BCUT2D eigenvalue weighted by atomic mass is 10.3. The fraction of sp³-hybridized carbons (Fsp3) is 0.182. The maximum Gasteiger partial charge on any atom is 0.441 e. The number of thioether (sulfide) groups is 1. The van der Waals surface area contributed by atoms with E-state index in [9.17, 15) is 19.7 Å². The van der Waals surface area contributed by atoms with Crippen LogP contribution in [-0.2, 0) is 11.8 Å². The molecule has 2 N–H and O–H groups in total. The monoisotopic (exact) mass is 311 g/mol. The van der Waals surface area contributed by atoms with Crippen molar-refractivity contribution < 1.29 is 18.9 Å². The number of carbonyl (C=O) groups excluding carboxylic acids is 1. The summed E-state index contributed by atoms with van der Waals surface area (Å²) in [6.07, 6.45) is 0. The number of nitrogens with zero attached hydrogens (tertiary/aromatic N) is 2. The molecule has 1 heterocycles. The predicted molar refractivity (Wildman–Crippen MR) is 73.0 cm³/mol. The zero-order valence-corrected chi connectivity index (χ0v) is 11.7. The van der Waals surface area contributed by atoms with Crippen LogP contribution >= 0.6 is 11.8 Å². The summed E-state index contributed by atoms with van der Waals surface area (Å²) in [7, 11) is 1.58. The maximum absolute atomic E-state index is 11.7. The van der Waals surface area contributed by atoms with Gasteiger partial charge in [-0.05, 0) is 29.2 Å². The number of nitro benzene ring substituents is 1. The Balaban J connectivity index is 1.93. The van der Waals surface area contributed by atoms with E-state index in [-0.39, 0.29) is 22.4 Å². The number of rotatable bonds is 5. The van der Waals surface area contributed by atoms with Gasteiger partial charge in [0.1, 0.15) is 0 Å².